The van der Waals surface area contributed by atoms with Crippen molar-refractivity contribution in [3.63, 3.8) is 0 Å². The quantitative estimate of drug-likeness (QED) is 0.558. The van der Waals surface area contributed by atoms with E-state index in [1.54, 1.807) is 6.92 Å². The molecule has 122 valence electrons. The molecule has 0 N–H and O–H groups in total. The van der Waals surface area contributed by atoms with E-state index in [2.05, 4.69) is 0 Å². The first-order chi connectivity index (χ1) is 10.4. The van der Waals surface area contributed by atoms with Crippen LogP contribution in [0.1, 0.15) is 42.6 Å². The predicted molar refractivity (Wildman–Crippen MR) is 91.7 cm³/mol. The molecule has 1 atom stereocenters. The fraction of sp³-hybridized carbons (Fsp3) is 0.500. The molecule has 1 unspecified atom stereocenters. The number of carbonyl (C=O) groups excluding carboxylic acids is 1. The molecule has 0 aromatic heterocycles. The Kier molecular flexibility index (Phi) is 6.26. The summed E-state index contributed by atoms with van der Waals surface area (Å²) in [5.41, 5.74) is 1.05. The third-order valence-electron chi connectivity index (χ3n) is 3.11. The maximum absolute atomic E-state index is 12.8. The Morgan fingerprint density at radius 3 is 2.64 bits per heavy atom. The van der Waals surface area contributed by atoms with Gasteiger partial charge in [-0.05, 0) is 42.8 Å². The summed E-state index contributed by atoms with van der Waals surface area (Å²) in [7, 11) is 0. The monoisotopic (exact) mass is 382 g/mol. The molecule has 0 radical (unpaired) electrons. The molecule has 1 aromatic rings. The maximum atomic E-state index is 12.8. The molecule has 0 aliphatic heterocycles. The first kappa shape index (κ1) is 18.2. The fourth-order valence-electron chi connectivity index (χ4n) is 2.19. The zero-order chi connectivity index (χ0) is 16.3. The minimum Gasteiger partial charge on any atom is -0.415 e. The lowest BCUT2D eigenvalue weighted by Gasteiger charge is -2.20. The Bertz CT molecular complexity index is 636. The van der Waals surface area contributed by atoms with Gasteiger partial charge in [0.2, 0.25) is 0 Å². The average Bonchev–Trinajstić information content (AvgIpc) is 2.84. The van der Waals surface area contributed by atoms with Crippen molar-refractivity contribution < 1.29 is 18.4 Å². The number of rotatable bonds is 7. The first-order valence-electron chi connectivity index (χ1n) is 7.04. The van der Waals surface area contributed by atoms with Gasteiger partial charge in [0.15, 0.2) is 11.5 Å². The second-order valence-corrected chi connectivity index (χ2v) is 9.67. The highest BCUT2D eigenvalue weighted by Crippen LogP contribution is 2.62. The lowest BCUT2D eigenvalue weighted by molar-refractivity contribution is 0.0993. The van der Waals surface area contributed by atoms with Crippen LogP contribution in [0.5, 0.6) is 5.75 Å². The average molecular weight is 383 g/mol. The number of carbonyl (C=O) groups is 1. The molecular weight excluding hydrogens is 366 g/mol. The second-order valence-electron chi connectivity index (χ2n) is 4.74. The molecule has 1 aromatic carbocycles. The third kappa shape index (κ3) is 3.82. The van der Waals surface area contributed by atoms with Crippen molar-refractivity contribution in [2.75, 3.05) is 12.4 Å². The molecule has 0 heterocycles. The van der Waals surface area contributed by atoms with Gasteiger partial charge in [0.1, 0.15) is 0 Å². The molecule has 0 spiro atoms. The molecule has 8 heteroatoms. The van der Waals surface area contributed by atoms with E-state index >= 15 is 0 Å². The van der Waals surface area contributed by atoms with Crippen LogP contribution in [0.25, 0.3) is 0 Å². The van der Waals surface area contributed by atoms with Gasteiger partial charge in [-0.1, -0.05) is 30.1 Å². The molecule has 0 saturated carbocycles. The van der Waals surface area contributed by atoms with E-state index in [9.17, 15) is 9.36 Å². The van der Waals surface area contributed by atoms with Gasteiger partial charge in [0, 0.05) is 17.2 Å². The van der Waals surface area contributed by atoms with Gasteiger partial charge in [0.05, 0.1) is 17.2 Å². The highest BCUT2D eigenvalue weighted by Gasteiger charge is 2.34. The van der Waals surface area contributed by atoms with Crippen molar-refractivity contribution in [1.29, 1.82) is 0 Å². The molecule has 0 fully saturated rings. The van der Waals surface area contributed by atoms with E-state index in [0.29, 0.717) is 34.7 Å². The molecule has 0 amide bonds. The molecule has 0 bridgehead atoms. The van der Waals surface area contributed by atoms with Crippen LogP contribution in [-0.4, -0.2) is 18.1 Å². The molecule has 1 aliphatic carbocycles. The number of benzene rings is 1. The zero-order valence-corrected chi connectivity index (χ0v) is 15.6. The number of hydrogen-bond acceptors (Lipinski definition) is 5. The van der Waals surface area contributed by atoms with E-state index in [1.807, 2.05) is 6.92 Å². The Labute approximate surface area is 144 Å². The number of fused-ring (bicyclic) bond motifs is 1. The number of ketones is 1. The summed E-state index contributed by atoms with van der Waals surface area (Å²) in [6.45, 7) is 0.533. The van der Waals surface area contributed by atoms with Crippen molar-refractivity contribution in [3.05, 3.63) is 27.2 Å². The lowest BCUT2D eigenvalue weighted by Crippen LogP contribution is -2.02. The summed E-state index contributed by atoms with van der Waals surface area (Å²) >= 11 is 13.4. The van der Waals surface area contributed by atoms with Crippen molar-refractivity contribution in [2.45, 2.75) is 33.1 Å². The zero-order valence-electron chi connectivity index (χ0n) is 12.4. The van der Waals surface area contributed by atoms with Crippen LogP contribution in [0.3, 0.4) is 0 Å². The van der Waals surface area contributed by atoms with Crippen molar-refractivity contribution in [3.8, 4) is 5.75 Å². The lowest BCUT2D eigenvalue weighted by atomic mass is 10.1. The first-order valence-corrected chi connectivity index (χ1v) is 10.9. The standard InChI is InChI=1S/C14H17Cl2O4PS/c1-3-7-22-21(18,19-4-2)20-14-11(16)8-10(15)9-5-6-12(17)13(9)14/h8H,3-7H2,1-2H3. The highest BCUT2D eigenvalue weighted by molar-refractivity contribution is 8.55. The van der Waals surface area contributed by atoms with E-state index in [0.717, 1.165) is 17.8 Å². The molecule has 22 heavy (non-hydrogen) atoms. The summed E-state index contributed by atoms with van der Waals surface area (Å²) in [5, 5.41) is 0.613. The van der Waals surface area contributed by atoms with Crippen molar-refractivity contribution in [1.82, 2.24) is 0 Å². The number of halogens is 2. The SMILES string of the molecule is CCCSP(=O)(OCC)Oc1c(Cl)cc(Cl)c2c1C(=O)CC2. The van der Waals surface area contributed by atoms with Crippen LogP contribution in [0.15, 0.2) is 6.07 Å². The second kappa shape index (κ2) is 7.59. The largest absolute Gasteiger partial charge is 0.440 e. The summed E-state index contributed by atoms with van der Waals surface area (Å²) in [4.78, 5) is 12.1. The van der Waals surface area contributed by atoms with E-state index in [4.69, 9.17) is 32.2 Å². The Hall–Kier alpha value is -0.190. The Morgan fingerprint density at radius 2 is 2.00 bits per heavy atom. The van der Waals surface area contributed by atoms with Crippen LogP contribution in [0, 0.1) is 0 Å². The maximum Gasteiger partial charge on any atom is 0.440 e. The van der Waals surface area contributed by atoms with E-state index in [1.165, 1.54) is 6.07 Å². The Morgan fingerprint density at radius 1 is 1.27 bits per heavy atom. The van der Waals surface area contributed by atoms with Crippen LogP contribution >= 0.6 is 41.4 Å². The topological polar surface area (TPSA) is 52.6 Å². The predicted octanol–water partition coefficient (Wildman–Crippen LogP) is 5.79. The third-order valence-corrected chi connectivity index (χ3v) is 7.65. The minimum atomic E-state index is -3.42. The highest BCUT2D eigenvalue weighted by atomic mass is 35.5. The van der Waals surface area contributed by atoms with Crippen molar-refractivity contribution >= 4 is 47.2 Å². The van der Waals surface area contributed by atoms with Gasteiger partial charge in [-0.25, -0.2) is 4.57 Å². The Balaban J connectivity index is 2.42. The molecule has 2 rings (SSSR count). The molecule has 4 nitrogen and oxygen atoms in total. The van der Waals surface area contributed by atoms with Gasteiger partial charge >= 0.3 is 6.80 Å². The van der Waals surface area contributed by atoms with Gasteiger partial charge in [-0.2, -0.15) is 0 Å². The van der Waals surface area contributed by atoms with Crippen LogP contribution in [-0.2, 0) is 15.5 Å². The van der Waals surface area contributed by atoms with Gasteiger partial charge in [0.25, 0.3) is 0 Å². The van der Waals surface area contributed by atoms with Crippen LogP contribution in [0.4, 0.5) is 0 Å². The number of hydrogen-bond donors (Lipinski definition) is 0. The molecular formula is C14H17Cl2O4PS. The summed E-state index contributed by atoms with van der Waals surface area (Å²) < 4.78 is 23.7. The molecule has 1 aliphatic rings. The normalized spacial score (nSPS) is 16.5. The number of Topliss-reactive ketones (excluding diaryl/α,β-unsaturated/α-hetero) is 1. The summed E-state index contributed by atoms with van der Waals surface area (Å²) in [5.74, 6) is 0.653. The fourth-order valence-corrected chi connectivity index (χ4v) is 6.30. The smallest absolute Gasteiger partial charge is 0.415 e. The summed E-state index contributed by atoms with van der Waals surface area (Å²) in [6, 6.07) is 1.52. The summed E-state index contributed by atoms with van der Waals surface area (Å²) in [6.07, 6.45) is 1.73. The minimum absolute atomic E-state index is 0.0991. The van der Waals surface area contributed by atoms with Crippen LogP contribution < -0.4 is 4.52 Å². The van der Waals surface area contributed by atoms with E-state index < -0.39 is 6.80 Å². The van der Waals surface area contributed by atoms with Crippen LogP contribution in [0.2, 0.25) is 10.0 Å². The molecule has 0 saturated heterocycles. The van der Waals surface area contributed by atoms with Gasteiger partial charge < -0.3 is 4.52 Å². The van der Waals surface area contributed by atoms with Crippen molar-refractivity contribution in [2.24, 2.45) is 0 Å². The van der Waals surface area contributed by atoms with Gasteiger partial charge in [-0.3, -0.25) is 9.32 Å². The van der Waals surface area contributed by atoms with E-state index in [-0.39, 0.29) is 23.2 Å². The van der Waals surface area contributed by atoms with Gasteiger partial charge in [-0.15, -0.1) is 0 Å².